The number of aliphatic hydroxyl groups excluding tert-OH is 1. The Kier molecular flexibility index (Phi) is 3.69. The predicted octanol–water partition coefficient (Wildman–Crippen LogP) is 0.422. The molecule has 1 heterocycles. The molecule has 0 saturated carbocycles. The minimum atomic E-state index is -0.175. The van der Waals surface area contributed by atoms with Gasteiger partial charge in [0.1, 0.15) is 5.78 Å². The van der Waals surface area contributed by atoms with Crippen LogP contribution in [-0.2, 0) is 4.79 Å². The van der Waals surface area contributed by atoms with Crippen LogP contribution in [0.4, 0.5) is 0 Å². The van der Waals surface area contributed by atoms with Gasteiger partial charge in [-0.3, -0.25) is 4.79 Å². The highest BCUT2D eigenvalue weighted by molar-refractivity contribution is 5.75. The lowest BCUT2D eigenvalue weighted by Crippen LogP contribution is -2.39. The number of Topliss-reactive ketones (excluding diaryl/α,β-unsaturated/α-hetero) is 1. The molecule has 1 aliphatic heterocycles. The minimum absolute atomic E-state index is 0.175. The molecule has 0 radical (unpaired) electrons. The van der Waals surface area contributed by atoms with Crippen molar-refractivity contribution >= 4 is 5.78 Å². The van der Waals surface area contributed by atoms with Crippen LogP contribution in [0.25, 0.3) is 0 Å². The van der Waals surface area contributed by atoms with Crippen LogP contribution in [0, 0.1) is 0 Å². The smallest absolute Gasteiger partial charge is 0.131 e. The van der Waals surface area contributed by atoms with Crippen molar-refractivity contribution in [2.24, 2.45) is 0 Å². The highest BCUT2D eigenvalue weighted by atomic mass is 16.3. The number of ketones is 1. The van der Waals surface area contributed by atoms with Gasteiger partial charge in [-0.2, -0.15) is 0 Å². The van der Waals surface area contributed by atoms with Crippen LogP contribution in [-0.4, -0.2) is 41.5 Å². The Morgan fingerprint density at radius 3 is 3.00 bits per heavy atom. The first-order valence-corrected chi connectivity index (χ1v) is 4.58. The standard InChI is InChI=1S/C9H17NO2/c1-8(11)4-6-10-5-2-3-9(12)7-10/h9,12H,2-7H2,1H3. The van der Waals surface area contributed by atoms with E-state index in [1.165, 1.54) is 0 Å². The van der Waals surface area contributed by atoms with Crippen LogP contribution in [0.1, 0.15) is 26.2 Å². The largest absolute Gasteiger partial charge is 0.392 e. The first-order chi connectivity index (χ1) is 5.68. The normalized spacial score (nSPS) is 25.7. The lowest BCUT2D eigenvalue weighted by molar-refractivity contribution is -0.117. The second-order valence-corrected chi connectivity index (χ2v) is 3.55. The number of carbonyl (C=O) groups is 1. The predicted molar refractivity (Wildman–Crippen MR) is 47.0 cm³/mol. The fourth-order valence-electron chi connectivity index (χ4n) is 1.55. The van der Waals surface area contributed by atoms with Gasteiger partial charge in [0.05, 0.1) is 6.10 Å². The van der Waals surface area contributed by atoms with Gasteiger partial charge in [-0.15, -0.1) is 0 Å². The van der Waals surface area contributed by atoms with E-state index in [9.17, 15) is 9.90 Å². The van der Waals surface area contributed by atoms with E-state index < -0.39 is 0 Å². The monoisotopic (exact) mass is 171 g/mol. The van der Waals surface area contributed by atoms with Crippen LogP contribution in [0.2, 0.25) is 0 Å². The zero-order valence-corrected chi connectivity index (χ0v) is 7.62. The molecule has 0 aromatic carbocycles. The molecule has 1 aliphatic rings. The summed E-state index contributed by atoms with van der Waals surface area (Å²) >= 11 is 0. The number of nitrogens with zero attached hydrogens (tertiary/aromatic N) is 1. The van der Waals surface area contributed by atoms with Crippen molar-refractivity contribution in [2.45, 2.75) is 32.3 Å². The van der Waals surface area contributed by atoms with E-state index in [0.717, 1.165) is 32.5 Å². The molecule has 1 N–H and O–H groups in total. The van der Waals surface area contributed by atoms with Crippen LogP contribution in [0.15, 0.2) is 0 Å². The maximum atomic E-state index is 10.7. The Bertz CT molecular complexity index is 159. The molecular formula is C9H17NO2. The number of likely N-dealkylation sites (tertiary alicyclic amines) is 1. The van der Waals surface area contributed by atoms with Gasteiger partial charge in [-0.05, 0) is 26.3 Å². The zero-order chi connectivity index (χ0) is 8.97. The molecule has 1 fully saturated rings. The average Bonchev–Trinajstić information content (AvgIpc) is 2.01. The van der Waals surface area contributed by atoms with E-state index >= 15 is 0 Å². The molecule has 3 nitrogen and oxygen atoms in total. The van der Waals surface area contributed by atoms with Crippen molar-refractivity contribution in [3.8, 4) is 0 Å². The van der Waals surface area contributed by atoms with Gasteiger partial charge in [0.2, 0.25) is 0 Å². The highest BCUT2D eigenvalue weighted by Crippen LogP contribution is 2.09. The number of piperidine rings is 1. The summed E-state index contributed by atoms with van der Waals surface area (Å²) in [7, 11) is 0. The molecule has 3 heteroatoms. The molecule has 0 amide bonds. The molecule has 0 bridgehead atoms. The van der Waals surface area contributed by atoms with E-state index in [1.54, 1.807) is 6.92 Å². The SMILES string of the molecule is CC(=O)CCN1CCCC(O)C1. The highest BCUT2D eigenvalue weighted by Gasteiger charge is 2.16. The van der Waals surface area contributed by atoms with Gasteiger partial charge >= 0.3 is 0 Å². The Hall–Kier alpha value is -0.410. The van der Waals surface area contributed by atoms with E-state index in [4.69, 9.17) is 0 Å². The molecule has 12 heavy (non-hydrogen) atoms. The summed E-state index contributed by atoms with van der Waals surface area (Å²) < 4.78 is 0. The summed E-state index contributed by atoms with van der Waals surface area (Å²) in [6.45, 7) is 4.20. The molecule has 1 unspecified atom stereocenters. The number of carbonyl (C=O) groups excluding carboxylic acids is 1. The van der Waals surface area contributed by atoms with E-state index in [0.29, 0.717) is 6.42 Å². The van der Waals surface area contributed by atoms with Gasteiger partial charge < -0.3 is 10.0 Å². The van der Waals surface area contributed by atoms with Crippen LogP contribution >= 0.6 is 0 Å². The average molecular weight is 171 g/mol. The molecule has 0 aromatic heterocycles. The molecule has 0 aromatic rings. The number of aliphatic hydroxyl groups is 1. The first-order valence-electron chi connectivity index (χ1n) is 4.58. The summed E-state index contributed by atoms with van der Waals surface area (Å²) in [4.78, 5) is 12.8. The summed E-state index contributed by atoms with van der Waals surface area (Å²) in [6.07, 6.45) is 2.41. The second-order valence-electron chi connectivity index (χ2n) is 3.55. The third-order valence-corrected chi connectivity index (χ3v) is 2.26. The van der Waals surface area contributed by atoms with Crippen molar-refractivity contribution in [1.29, 1.82) is 0 Å². The summed E-state index contributed by atoms with van der Waals surface area (Å²) in [5.74, 6) is 0.232. The fourth-order valence-corrected chi connectivity index (χ4v) is 1.55. The fraction of sp³-hybridized carbons (Fsp3) is 0.889. The van der Waals surface area contributed by atoms with Crippen molar-refractivity contribution < 1.29 is 9.90 Å². The molecule has 70 valence electrons. The number of hydrogen-bond acceptors (Lipinski definition) is 3. The van der Waals surface area contributed by atoms with Gasteiger partial charge in [-0.25, -0.2) is 0 Å². The third-order valence-electron chi connectivity index (χ3n) is 2.26. The lowest BCUT2D eigenvalue weighted by atomic mass is 10.1. The Labute approximate surface area is 73.4 Å². The third kappa shape index (κ3) is 3.32. The Morgan fingerprint density at radius 1 is 1.67 bits per heavy atom. The van der Waals surface area contributed by atoms with E-state index in [-0.39, 0.29) is 11.9 Å². The van der Waals surface area contributed by atoms with Gasteiger partial charge in [0.25, 0.3) is 0 Å². The quantitative estimate of drug-likeness (QED) is 0.669. The Morgan fingerprint density at radius 2 is 2.42 bits per heavy atom. The van der Waals surface area contributed by atoms with E-state index in [1.807, 2.05) is 0 Å². The van der Waals surface area contributed by atoms with Crippen LogP contribution < -0.4 is 0 Å². The summed E-state index contributed by atoms with van der Waals surface area (Å²) in [5, 5.41) is 9.32. The molecule has 1 atom stereocenters. The summed E-state index contributed by atoms with van der Waals surface area (Å²) in [5.41, 5.74) is 0. The molecule has 0 spiro atoms. The van der Waals surface area contributed by atoms with Crippen LogP contribution in [0.5, 0.6) is 0 Å². The van der Waals surface area contributed by atoms with E-state index in [2.05, 4.69) is 4.90 Å². The number of rotatable bonds is 3. The number of β-amino-alcohol motifs (C(OH)–C–C–N with tert-alkyl or cyclic N) is 1. The maximum Gasteiger partial charge on any atom is 0.131 e. The number of hydrogen-bond donors (Lipinski definition) is 1. The van der Waals surface area contributed by atoms with Gasteiger partial charge in [0.15, 0.2) is 0 Å². The lowest BCUT2D eigenvalue weighted by Gasteiger charge is -2.29. The molecule has 1 rings (SSSR count). The summed E-state index contributed by atoms with van der Waals surface area (Å²) in [6, 6.07) is 0. The topological polar surface area (TPSA) is 40.5 Å². The van der Waals surface area contributed by atoms with Crippen molar-refractivity contribution in [3.05, 3.63) is 0 Å². The maximum absolute atomic E-state index is 10.7. The zero-order valence-electron chi connectivity index (χ0n) is 7.62. The molecule has 0 aliphatic carbocycles. The van der Waals surface area contributed by atoms with Crippen molar-refractivity contribution in [2.75, 3.05) is 19.6 Å². The van der Waals surface area contributed by atoms with Crippen LogP contribution in [0.3, 0.4) is 0 Å². The molecule has 1 saturated heterocycles. The van der Waals surface area contributed by atoms with Crippen molar-refractivity contribution in [3.63, 3.8) is 0 Å². The minimum Gasteiger partial charge on any atom is -0.392 e. The van der Waals surface area contributed by atoms with Gasteiger partial charge in [-0.1, -0.05) is 0 Å². The van der Waals surface area contributed by atoms with Crippen molar-refractivity contribution in [1.82, 2.24) is 4.90 Å². The second kappa shape index (κ2) is 4.58. The van der Waals surface area contributed by atoms with Gasteiger partial charge in [0, 0.05) is 19.5 Å². The molecular weight excluding hydrogens is 154 g/mol. The Balaban J connectivity index is 2.18. The first kappa shape index (κ1) is 9.68.